The Balaban J connectivity index is 3.26. The van der Waals surface area contributed by atoms with Crippen LogP contribution >= 0.6 is 0 Å². The van der Waals surface area contributed by atoms with Gasteiger partial charge < -0.3 is 5.11 Å². The number of aliphatic hydroxyl groups is 1. The van der Waals surface area contributed by atoms with Gasteiger partial charge in [0.15, 0.2) is 9.84 Å². The van der Waals surface area contributed by atoms with Crippen LogP contribution in [0, 0.1) is 17.5 Å². The van der Waals surface area contributed by atoms with Gasteiger partial charge in [-0.2, -0.15) is 0 Å². The zero-order valence-corrected chi connectivity index (χ0v) is 9.93. The Morgan fingerprint density at radius 3 is 1.94 bits per heavy atom. The maximum Gasteiger partial charge on any atom is 0.152 e. The average molecular weight is 268 g/mol. The molecule has 0 heterocycles. The van der Waals surface area contributed by atoms with Crippen LogP contribution in [0.5, 0.6) is 0 Å². The van der Waals surface area contributed by atoms with Crippen molar-refractivity contribution >= 4 is 9.84 Å². The number of hydrogen-bond acceptors (Lipinski definition) is 3. The van der Waals surface area contributed by atoms with Crippen molar-refractivity contribution in [3.05, 3.63) is 35.1 Å². The molecule has 3 nitrogen and oxygen atoms in total. The fourth-order valence-electron chi connectivity index (χ4n) is 1.30. The summed E-state index contributed by atoms with van der Waals surface area (Å²) in [5.74, 6) is -3.76. The molecule has 2 unspecified atom stereocenters. The third-order valence-corrected chi connectivity index (χ3v) is 4.07. The highest BCUT2D eigenvalue weighted by molar-refractivity contribution is 7.91. The molecule has 1 aromatic carbocycles. The fraction of sp³-hybridized carbons (Fsp3) is 0.400. The van der Waals surface area contributed by atoms with Crippen LogP contribution in [-0.2, 0) is 9.84 Å². The second kappa shape index (κ2) is 4.66. The van der Waals surface area contributed by atoms with Gasteiger partial charge in [-0.05, 0) is 6.92 Å². The van der Waals surface area contributed by atoms with Crippen molar-refractivity contribution in [2.45, 2.75) is 18.3 Å². The molecule has 0 amide bonds. The van der Waals surface area contributed by atoms with Crippen molar-refractivity contribution < 1.29 is 26.7 Å². The van der Waals surface area contributed by atoms with Gasteiger partial charge in [0.1, 0.15) is 23.6 Å². The first-order valence-electron chi connectivity index (χ1n) is 4.66. The summed E-state index contributed by atoms with van der Waals surface area (Å²) < 4.78 is 61.5. The molecule has 0 saturated carbocycles. The van der Waals surface area contributed by atoms with Crippen LogP contribution in [-0.4, -0.2) is 25.0 Å². The first-order valence-corrected chi connectivity index (χ1v) is 6.61. The molecule has 1 aromatic rings. The van der Waals surface area contributed by atoms with E-state index in [-0.39, 0.29) is 0 Å². The summed E-state index contributed by atoms with van der Waals surface area (Å²) in [7, 11) is -3.67. The molecular weight excluding hydrogens is 257 g/mol. The minimum Gasteiger partial charge on any atom is -0.387 e. The third-order valence-electron chi connectivity index (χ3n) is 2.46. The van der Waals surface area contributed by atoms with E-state index in [1.165, 1.54) is 0 Å². The number of halogens is 3. The van der Waals surface area contributed by atoms with Crippen molar-refractivity contribution in [3.63, 3.8) is 0 Å². The van der Waals surface area contributed by atoms with Crippen LogP contribution in [0.3, 0.4) is 0 Å². The summed E-state index contributed by atoms with van der Waals surface area (Å²) in [5, 5.41) is 8.20. The lowest BCUT2D eigenvalue weighted by Crippen LogP contribution is -2.26. The Morgan fingerprint density at radius 1 is 1.18 bits per heavy atom. The third kappa shape index (κ3) is 2.98. The van der Waals surface area contributed by atoms with Gasteiger partial charge in [-0.25, -0.2) is 21.6 Å². The SMILES string of the molecule is CC(C(O)c1c(F)cc(F)cc1F)S(C)(=O)=O. The minimum atomic E-state index is -3.67. The summed E-state index contributed by atoms with van der Waals surface area (Å²) in [6, 6.07) is 0.771. The Hall–Kier alpha value is -1.08. The van der Waals surface area contributed by atoms with E-state index < -0.39 is 44.2 Å². The molecule has 0 spiro atoms. The van der Waals surface area contributed by atoms with E-state index in [0.29, 0.717) is 12.1 Å². The van der Waals surface area contributed by atoms with Gasteiger partial charge in [-0.15, -0.1) is 0 Å². The molecule has 7 heteroatoms. The average Bonchev–Trinajstić information content (AvgIpc) is 2.13. The van der Waals surface area contributed by atoms with Crippen LogP contribution in [0.2, 0.25) is 0 Å². The standard InChI is InChI=1S/C10H11F3O3S/c1-5(17(2,15)16)10(14)9-7(12)3-6(11)4-8(9)13/h3-5,10,14H,1-2H3. The van der Waals surface area contributed by atoms with Gasteiger partial charge in [0, 0.05) is 18.4 Å². The lowest BCUT2D eigenvalue weighted by atomic mass is 10.1. The van der Waals surface area contributed by atoms with Gasteiger partial charge in [-0.1, -0.05) is 0 Å². The molecule has 1 N–H and O–H groups in total. The van der Waals surface area contributed by atoms with E-state index in [1.807, 2.05) is 0 Å². The van der Waals surface area contributed by atoms with Crippen molar-refractivity contribution in [1.82, 2.24) is 0 Å². The number of rotatable bonds is 3. The quantitative estimate of drug-likeness (QED) is 0.905. The molecule has 0 aliphatic heterocycles. The maximum absolute atomic E-state index is 13.3. The normalized spacial score (nSPS) is 15.6. The van der Waals surface area contributed by atoms with Crippen LogP contribution in [0.25, 0.3) is 0 Å². The van der Waals surface area contributed by atoms with E-state index in [0.717, 1.165) is 13.2 Å². The van der Waals surface area contributed by atoms with E-state index in [9.17, 15) is 26.7 Å². The Morgan fingerprint density at radius 2 is 1.59 bits per heavy atom. The highest BCUT2D eigenvalue weighted by Crippen LogP contribution is 2.27. The highest BCUT2D eigenvalue weighted by Gasteiger charge is 2.30. The predicted molar refractivity (Wildman–Crippen MR) is 55.6 cm³/mol. The van der Waals surface area contributed by atoms with Crippen molar-refractivity contribution in [1.29, 1.82) is 0 Å². The van der Waals surface area contributed by atoms with Crippen LogP contribution in [0.15, 0.2) is 12.1 Å². The summed E-state index contributed by atoms with van der Waals surface area (Å²) in [5.41, 5.74) is -0.843. The molecule has 0 aliphatic rings. The molecule has 0 bridgehead atoms. The van der Waals surface area contributed by atoms with E-state index >= 15 is 0 Å². The van der Waals surface area contributed by atoms with Gasteiger partial charge >= 0.3 is 0 Å². The second-order valence-electron chi connectivity index (χ2n) is 3.76. The predicted octanol–water partition coefficient (Wildman–Crippen LogP) is 1.57. The molecule has 0 aliphatic carbocycles. The highest BCUT2D eigenvalue weighted by atomic mass is 32.2. The smallest absolute Gasteiger partial charge is 0.152 e. The zero-order valence-electron chi connectivity index (χ0n) is 9.12. The van der Waals surface area contributed by atoms with Crippen molar-refractivity contribution in [3.8, 4) is 0 Å². The first-order chi connectivity index (χ1) is 7.64. The number of hydrogen-bond donors (Lipinski definition) is 1. The Kier molecular flexibility index (Phi) is 3.83. The van der Waals surface area contributed by atoms with Gasteiger partial charge in [0.25, 0.3) is 0 Å². The lowest BCUT2D eigenvalue weighted by molar-refractivity contribution is 0.166. The largest absolute Gasteiger partial charge is 0.387 e. The van der Waals surface area contributed by atoms with Gasteiger partial charge in [0.2, 0.25) is 0 Å². The van der Waals surface area contributed by atoms with Crippen molar-refractivity contribution in [2.24, 2.45) is 0 Å². The van der Waals surface area contributed by atoms with Gasteiger partial charge in [0.05, 0.1) is 10.8 Å². The molecule has 2 atom stereocenters. The molecule has 0 radical (unpaired) electrons. The Bertz CT molecular complexity index is 505. The number of aliphatic hydroxyl groups excluding tert-OH is 1. The van der Waals surface area contributed by atoms with Crippen molar-refractivity contribution in [2.75, 3.05) is 6.26 Å². The number of sulfone groups is 1. The fourth-order valence-corrected chi connectivity index (χ4v) is 1.91. The minimum absolute atomic E-state index is 0.386. The number of benzene rings is 1. The summed E-state index contributed by atoms with van der Waals surface area (Å²) in [4.78, 5) is 0. The molecule has 0 saturated heterocycles. The van der Waals surface area contributed by atoms with Crippen LogP contribution in [0.1, 0.15) is 18.6 Å². The molecule has 1 rings (SSSR count). The van der Waals surface area contributed by atoms with E-state index in [1.54, 1.807) is 0 Å². The molecule has 17 heavy (non-hydrogen) atoms. The zero-order chi connectivity index (χ0) is 13.4. The topological polar surface area (TPSA) is 54.4 Å². The summed E-state index contributed by atoms with van der Waals surface area (Å²) in [6.45, 7) is 1.11. The molecular formula is C10H11F3O3S. The Labute approximate surface area is 96.8 Å². The molecule has 96 valence electrons. The summed E-state index contributed by atoms with van der Waals surface area (Å²) in [6.07, 6.45) is -1.05. The maximum atomic E-state index is 13.3. The summed E-state index contributed by atoms with van der Waals surface area (Å²) >= 11 is 0. The molecule has 0 fully saturated rings. The molecule has 0 aromatic heterocycles. The lowest BCUT2D eigenvalue weighted by Gasteiger charge is -2.18. The monoisotopic (exact) mass is 268 g/mol. The van der Waals surface area contributed by atoms with E-state index in [2.05, 4.69) is 0 Å². The van der Waals surface area contributed by atoms with E-state index in [4.69, 9.17) is 0 Å². The first kappa shape index (κ1) is 14.0. The van der Waals surface area contributed by atoms with Gasteiger partial charge in [-0.3, -0.25) is 0 Å². The van der Waals surface area contributed by atoms with Crippen LogP contribution < -0.4 is 0 Å². The second-order valence-corrected chi connectivity index (χ2v) is 6.17. The van der Waals surface area contributed by atoms with Crippen LogP contribution in [0.4, 0.5) is 13.2 Å².